The molecule has 0 aliphatic carbocycles. The second-order valence-electron chi connectivity index (χ2n) is 6.17. The number of halogens is 2. The van der Waals surface area contributed by atoms with Gasteiger partial charge in [-0.25, -0.2) is 9.97 Å². The molecular weight excluding hydrogens is 398 g/mol. The van der Waals surface area contributed by atoms with Gasteiger partial charge in [0.25, 0.3) is 0 Å². The number of aromatic nitrogens is 2. The van der Waals surface area contributed by atoms with E-state index in [0.717, 1.165) is 0 Å². The molecular formula is C21H15Cl2N2OP. The van der Waals surface area contributed by atoms with E-state index in [1.165, 1.54) is 0 Å². The van der Waals surface area contributed by atoms with E-state index in [-0.39, 0.29) is 0 Å². The van der Waals surface area contributed by atoms with Crippen molar-refractivity contribution in [2.24, 2.45) is 0 Å². The first-order valence-electron chi connectivity index (χ1n) is 8.35. The fourth-order valence-electron chi connectivity index (χ4n) is 3.10. The van der Waals surface area contributed by atoms with E-state index in [0.29, 0.717) is 42.8 Å². The Morgan fingerprint density at radius 2 is 1.19 bits per heavy atom. The molecule has 0 spiro atoms. The van der Waals surface area contributed by atoms with E-state index in [1.54, 1.807) is 12.1 Å². The largest absolute Gasteiger partial charge is 0.307 e. The van der Waals surface area contributed by atoms with Crippen molar-refractivity contribution < 1.29 is 4.57 Å². The fourth-order valence-corrected chi connectivity index (χ4v) is 6.14. The zero-order valence-corrected chi connectivity index (χ0v) is 16.8. The van der Waals surface area contributed by atoms with Crippen molar-refractivity contribution in [2.45, 2.75) is 6.92 Å². The molecule has 0 saturated carbocycles. The molecule has 0 radical (unpaired) electrons. The molecule has 0 aliphatic rings. The van der Waals surface area contributed by atoms with Crippen molar-refractivity contribution in [3.05, 3.63) is 88.5 Å². The van der Waals surface area contributed by atoms with Gasteiger partial charge in [0.15, 0.2) is 7.14 Å². The van der Waals surface area contributed by atoms with Gasteiger partial charge in [0.2, 0.25) is 0 Å². The van der Waals surface area contributed by atoms with Crippen molar-refractivity contribution >= 4 is 57.4 Å². The predicted molar refractivity (Wildman–Crippen MR) is 114 cm³/mol. The molecule has 27 heavy (non-hydrogen) atoms. The molecule has 0 amide bonds. The van der Waals surface area contributed by atoms with Crippen LogP contribution in [0.15, 0.2) is 72.8 Å². The molecule has 3 aromatic carbocycles. The third-order valence-electron chi connectivity index (χ3n) is 4.39. The Morgan fingerprint density at radius 1 is 0.741 bits per heavy atom. The second kappa shape index (κ2) is 7.09. The van der Waals surface area contributed by atoms with Crippen molar-refractivity contribution in [3.63, 3.8) is 0 Å². The number of hydrogen-bond acceptors (Lipinski definition) is 3. The third kappa shape index (κ3) is 3.17. The molecule has 0 unspecified atom stereocenters. The van der Waals surface area contributed by atoms with Crippen LogP contribution >= 0.6 is 30.3 Å². The summed E-state index contributed by atoms with van der Waals surface area (Å²) in [5, 5.41) is 2.24. The lowest BCUT2D eigenvalue weighted by atomic mass is 10.3. The molecule has 0 atom stereocenters. The quantitative estimate of drug-likeness (QED) is 0.450. The number of rotatable bonds is 3. The van der Waals surface area contributed by atoms with Gasteiger partial charge in [-0.2, -0.15) is 0 Å². The lowest BCUT2D eigenvalue weighted by Crippen LogP contribution is -2.29. The Balaban J connectivity index is 2.06. The molecule has 0 fully saturated rings. The van der Waals surface area contributed by atoms with Crippen LogP contribution in [0.4, 0.5) is 0 Å². The highest BCUT2D eigenvalue weighted by Gasteiger charge is 2.33. The van der Waals surface area contributed by atoms with Gasteiger partial charge in [-0.1, -0.05) is 83.9 Å². The van der Waals surface area contributed by atoms with Gasteiger partial charge in [0.1, 0.15) is 5.44 Å². The summed E-state index contributed by atoms with van der Waals surface area (Å²) in [6.45, 7) is 1.82. The van der Waals surface area contributed by atoms with Gasteiger partial charge in [-0.15, -0.1) is 0 Å². The summed E-state index contributed by atoms with van der Waals surface area (Å²) in [5.41, 5.74) is 2.26. The molecule has 4 aromatic rings. The van der Waals surface area contributed by atoms with Crippen molar-refractivity contribution in [2.75, 3.05) is 0 Å². The number of benzene rings is 3. The van der Waals surface area contributed by atoms with Crippen LogP contribution in [0.2, 0.25) is 10.0 Å². The van der Waals surface area contributed by atoms with Crippen LogP contribution in [0.1, 0.15) is 5.69 Å². The molecule has 4 rings (SSSR count). The van der Waals surface area contributed by atoms with Crippen molar-refractivity contribution in [1.82, 2.24) is 9.97 Å². The van der Waals surface area contributed by atoms with Gasteiger partial charge in [-0.05, 0) is 19.1 Å². The Morgan fingerprint density at radius 3 is 1.67 bits per heavy atom. The fraction of sp³-hybridized carbons (Fsp3) is 0.0476. The van der Waals surface area contributed by atoms with Crippen LogP contribution in [0.25, 0.3) is 11.0 Å². The highest BCUT2D eigenvalue weighted by atomic mass is 35.5. The molecule has 3 nitrogen and oxygen atoms in total. The van der Waals surface area contributed by atoms with Crippen LogP contribution in [0.5, 0.6) is 0 Å². The molecule has 134 valence electrons. The van der Waals surface area contributed by atoms with Gasteiger partial charge >= 0.3 is 0 Å². The zero-order valence-electron chi connectivity index (χ0n) is 14.4. The molecule has 1 heterocycles. The van der Waals surface area contributed by atoms with E-state index >= 15 is 0 Å². The molecule has 0 saturated heterocycles. The topological polar surface area (TPSA) is 42.9 Å². The predicted octanol–water partition coefficient (Wildman–Crippen LogP) is 4.88. The van der Waals surface area contributed by atoms with Crippen LogP contribution in [-0.4, -0.2) is 9.97 Å². The van der Waals surface area contributed by atoms with Gasteiger partial charge in [0.05, 0.1) is 26.8 Å². The SMILES string of the molecule is Cc1nc2cc(Cl)c(Cl)cc2nc1P(=O)(c1ccccc1)c1ccccc1. The van der Waals surface area contributed by atoms with E-state index in [1.807, 2.05) is 67.6 Å². The minimum absolute atomic E-state index is 0.391. The maximum Gasteiger partial charge on any atom is 0.190 e. The van der Waals surface area contributed by atoms with E-state index in [2.05, 4.69) is 4.98 Å². The van der Waals surface area contributed by atoms with E-state index in [4.69, 9.17) is 28.2 Å². The summed E-state index contributed by atoms with van der Waals surface area (Å²) in [5.74, 6) is 0. The van der Waals surface area contributed by atoms with E-state index in [9.17, 15) is 4.57 Å². The summed E-state index contributed by atoms with van der Waals surface area (Å²) >= 11 is 12.3. The highest BCUT2D eigenvalue weighted by molar-refractivity contribution is 7.85. The summed E-state index contributed by atoms with van der Waals surface area (Å²) in [6.07, 6.45) is 0. The molecule has 6 heteroatoms. The average Bonchev–Trinajstić information content (AvgIpc) is 2.70. The molecule has 1 aromatic heterocycles. The average molecular weight is 413 g/mol. The van der Waals surface area contributed by atoms with Gasteiger partial charge < -0.3 is 4.57 Å². The maximum atomic E-state index is 14.5. The number of fused-ring (bicyclic) bond motifs is 1. The number of aryl methyl sites for hydroxylation is 1. The minimum atomic E-state index is -3.20. The summed E-state index contributed by atoms with van der Waals surface area (Å²) in [4.78, 5) is 9.35. The first-order chi connectivity index (χ1) is 13.0. The normalized spacial score (nSPS) is 11.7. The Hall–Kier alpha value is -2.19. The van der Waals surface area contributed by atoms with Gasteiger partial charge in [-0.3, -0.25) is 0 Å². The third-order valence-corrected chi connectivity index (χ3v) is 8.19. The molecule has 0 bridgehead atoms. The second-order valence-corrected chi connectivity index (χ2v) is 9.66. The van der Waals surface area contributed by atoms with Crippen LogP contribution < -0.4 is 16.0 Å². The van der Waals surface area contributed by atoms with Gasteiger partial charge in [0, 0.05) is 10.6 Å². The lowest BCUT2D eigenvalue weighted by Gasteiger charge is -2.20. The van der Waals surface area contributed by atoms with Crippen molar-refractivity contribution in [1.29, 1.82) is 0 Å². The van der Waals surface area contributed by atoms with E-state index < -0.39 is 7.14 Å². The Kier molecular flexibility index (Phi) is 4.77. The smallest absolute Gasteiger partial charge is 0.190 e. The first-order valence-corrected chi connectivity index (χ1v) is 10.8. The lowest BCUT2D eigenvalue weighted by molar-refractivity contribution is 0.592. The van der Waals surface area contributed by atoms with Crippen LogP contribution in [-0.2, 0) is 4.57 Å². The first kappa shape index (κ1) is 18.2. The summed E-state index contributed by atoms with van der Waals surface area (Å²) in [7, 11) is -3.20. The van der Waals surface area contributed by atoms with Crippen LogP contribution in [0, 0.1) is 6.92 Å². The summed E-state index contributed by atoms with van der Waals surface area (Å²) < 4.78 is 14.5. The van der Waals surface area contributed by atoms with Crippen LogP contribution in [0.3, 0.4) is 0 Å². The molecule has 0 N–H and O–H groups in total. The monoisotopic (exact) mass is 412 g/mol. The van der Waals surface area contributed by atoms with Crippen molar-refractivity contribution in [3.8, 4) is 0 Å². The Bertz CT molecular complexity index is 1140. The Labute approximate surface area is 167 Å². The summed E-state index contributed by atoms with van der Waals surface area (Å²) in [6, 6.07) is 22.1. The maximum absolute atomic E-state index is 14.5. The minimum Gasteiger partial charge on any atom is -0.307 e. The number of nitrogens with zero attached hydrogens (tertiary/aromatic N) is 2. The zero-order chi connectivity index (χ0) is 19.0. The highest BCUT2D eigenvalue weighted by Crippen LogP contribution is 2.42. The molecule has 0 aliphatic heterocycles. The number of hydrogen-bond donors (Lipinski definition) is 0. The standard InChI is InChI=1S/C21H15Cl2N2OP/c1-14-21(25-20-13-18(23)17(22)12-19(20)24-14)27(26,15-8-4-2-5-9-15)16-10-6-3-7-11-16/h2-13H,1H3.